The van der Waals surface area contributed by atoms with Crippen molar-refractivity contribution >= 4 is 33.4 Å². The van der Waals surface area contributed by atoms with Crippen molar-refractivity contribution in [3.8, 4) is 0 Å². The Balaban J connectivity index is 1.82. The normalized spacial score (nSPS) is 15.6. The lowest BCUT2D eigenvalue weighted by Gasteiger charge is -2.26. The van der Waals surface area contributed by atoms with Crippen molar-refractivity contribution in [1.29, 1.82) is 0 Å². The average Bonchev–Trinajstić information content (AvgIpc) is 2.68. The number of carbonyl (C=O) groups excluding carboxylic acids is 1. The van der Waals surface area contributed by atoms with Gasteiger partial charge in [-0.05, 0) is 49.4 Å². The van der Waals surface area contributed by atoms with E-state index in [1.807, 2.05) is 24.5 Å². The summed E-state index contributed by atoms with van der Waals surface area (Å²) in [7, 11) is -3.52. The standard InChI is InChI=1S/C19H22N2O3S2/c1-25-18-11-4-3-10-17(18)19(22)20-15-8-7-9-16(14-15)26(23,24)21-12-5-2-6-13-21/h3-4,7-11,14H,2,5-6,12-13H2,1H3,(H,20,22). The Labute approximate surface area is 158 Å². The second-order valence-corrected chi connectivity index (χ2v) is 8.93. The van der Waals surface area contributed by atoms with Crippen LogP contribution in [0.4, 0.5) is 5.69 Å². The van der Waals surface area contributed by atoms with Gasteiger partial charge in [0.2, 0.25) is 10.0 Å². The third-order valence-electron chi connectivity index (χ3n) is 4.40. The van der Waals surface area contributed by atoms with E-state index in [-0.39, 0.29) is 10.8 Å². The maximum atomic E-state index is 12.8. The quantitative estimate of drug-likeness (QED) is 0.788. The number of hydrogen-bond acceptors (Lipinski definition) is 4. The zero-order chi connectivity index (χ0) is 18.6. The Kier molecular flexibility index (Phi) is 6.01. The SMILES string of the molecule is CSc1ccccc1C(=O)Nc1cccc(S(=O)(=O)N2CCCCC2)c1. The molecule has 0 aromatic heterocycles. The van der Waals surface area contributed by atoms with E-state index in [1.165, 1.54) is 22.1 Å². The summed E-state index contributed by atoms with van der Waals surface area (Å²) >= 11 is 1.50. The average molecular weight is 391 g/mol. The highest BCUT2D eigenvalue weighted by molar-refractivity contribution is 7.98. The molecule has 1 N–H and O–H groups in total. The molecule has 0 saturated carbocycles. The van der Waals surface area contributed by atoms with E-state index in [9.17, 15) is 13.2 Å². The lowest BCUT2D eigenvalue weighted by molar-refractivity contribution is 0.102. The van der Waals surface area contributed by atoms with Gasteiger partial charge in [-0.1, -0.05) is 24.6 Å². The lowest BCUT2D eigenvalue weighted by Crippen LogP contribution is -2.35. The predicted molar refractivity (Wildman–Crippen MR) is 105 cm³/mol. The van der Waals surface area contributed by atoms with Gasteiger partial charge in [-0.15, -0.1) is 11.8 Å². The number of amides is 1. The van der Waals surface area contributed by atoms with E-state index >= 15 is 0 Å². The molecule has 138 valence electrons. The summed E-state index contributed by atoms with van der Waals surface area (Å²) in [5.74, 6) is -0.248. The van der Waals surface area contributed by atoms with Crippen molar-refractivity contribution in [3.63, 3.8) is 0 Å². The zero-order valence-corrected chi connectivity index (χ0v) is 16.3. The van der Waals surface area contributed by atoms with Crippen molar-refractivity contribution in [2.24, 2.45) is 0 Å². The molecule has 2 aromatic carbocycles. The van der Waals surface area contributed by atoms with E-state index in [1.54, 1.807) is 24.3 Å². The fourth-order valence-corrected chi connectivity index (χ4v) is 5.18. The fraction of sp³-hybridized carbons (Fsp3) is 0.316. The third kappa shape index (κ3) is 4.11. The summed E-state index contributed by atoms with van der Waals surface area (Å²) in [6, 6.07) is 13.8. The second kappa shape index (κ2) is 8.24. The van der Waals surface area contributed by atoms with Crippen LogP contribution in [0.3, 0.4) is 0 Å². The molecule has 0 bridgehead atoms. The molecular weight excluding hydrogens is 368 g/mol. The van der Waals surface area contributed by atoms with Gasteiger partial charge in [0, 0.05) is 23.7 Å². The van der Waals surface area contributed by atoms with Gasteiger partial charge in [0.15, 0.2) is 0 Å². The Morgan fingerprint density at radius 3 is 2.50 bits per heavy atom. The number of nitrogens with one attached hydrogen (secondary N) is 1. The van der Waals surface area contributed by atoms with Gasteiger partial charge in [-0.2, -0.15) is 4.31 Å². The minimum absolute atomic E-state index is 0.218. The Hall–Kier alpha value is -1.83. The summed E-state index contributed by atoms with van der Waals surface area (Å²) < 4.78 is 27.1. The molecule has 7 heteroatoms. The number of benzene rings is 2. The first-order valence-corrected chi connectivity index (χ1v) is 11.2. The summed E-state index contributed by atoms with van der Waals surface area (Å²) in [5.41, 5.74) is 1.05. The van der Waals surface area contributed by atoms with Gasteiger partial charge in [0.1, 0.15) is 0 Å². The van der Waals surface area contributed by atoms with Gasteiger partial charge >= 0.3 is 0 Å². The van der Waals surface area contributed by atoms with Gasteiger partial charge in [0.25, 0.3) is 5.91 Å². The summed E-state index contributed by atoms with van der Waals surface area (Å²) in [5, 5.41) is 2.81. The monoisotopic (exact) mass is 390 g/mol. The highest BCUT2D eigenvalue weighted by Crippen LogP contribution is 2.24. The highest BCUT2D eigenvalue weighted by atomic mass is 32.2. The maximum Gasteiger partial charge on any atom is 0.256 e. The molecule has 2 aromatic rings. The van der Waals surface area contributed by atoms with Crippen LogP contribution in [-0.4, -0.2) is 38.0 Å². The molecule has 1 saturated heterocycles. The summed E-state index contributed by atoms with van der Waals surface area (Å²) in [4.78, 5) is 13.7. The number of carbonyl (C=O) groups is 1. The first-order valence-electron chi connectivity index (χ1n) is 8.57. The number of hydrogen-bond donors (Lipinski definition) is 1. The maximum absolute atomic E-state index is 12.8. The summed E-state index contributed by atoms with van der Waals surface area (Å²) in [6.45, 7) is 1.11. The molecule has 1 aliphatic rings. The second-order valence-electron chi connectivity index (χ2n) is 6.15. The van der Waals surface area contributed by atoms with Crippen LogP contribution in [0.25, 0.3) is 0 Å². The number of piperidine rings is 1. The largest absolute Gasteiger partial charge is 0.322 e. The molecule has 3 rings (SSSR count). The molecule has 0 unspecified atom stereocenters. The van der Waals surface area contributed by atoms with Crippen LogP contribution in [0.2, 0.25) is 0 Å². The number of nitrogens with zero attached hydrogens (tertiary/aromatic N) is 1. The Bertz CT molecular complexity index is 891. The van der Waals surface area contributed by atoms with Gasteiger partial charge in [0.05, 0.1) is 10.5 Å². The van der Waals surface area contributed by atoms with E-state index in [0.717, 1.165) is 24.2 Å². The zero-order valence-electron chi connectivity index (χ0n) is 14.6. The minimum atomic E-state index is -3.52. The highest BCUT2D eigenvalue weighted by Gasteiger charge is 2.26. The van der Waals surface area contributed by atoms with Gasteiger partial charge in [-0.25, -0.2) is 8.42 Å². The first kappa shape index (κ1) is 18.9. The number of sulfonamides is 1. The van der Waals surface area contributed by atoms with Crippen LogP contribution in [0.15, 0.2) is 58.3 Å². The predicted octanol–water partition coefficient (Wildman–Crippen LogP) is 3.84. The fourth-order valence-electron chi connectivity index (χ4n) is 3.02. The molecule has 26 heavy (non-hydrogen) atoms. The molecular formula is C19H22N2O3S2. The molecule has 1 fully saturated rings. The molecule has 0 spiro atoms. The smallest absolute Gasteiger partial charge is 0.256 e. The van der Waals surface area contributed by atoms with Crippen molar-refractivity contribution in [1.82, 2.24) is 4.31 Å². The molecule has 1 heterocycles. The lowest BCUT2D eigenvalue weighted by atomic mass is 10.2. The number of rotatable bonds is 5. The number of anilines is 1. The van der Waals surface area contributed by atoms with E-state index in [0.29, 0.717) is 24.3 Å². The molecule has 0 radical (unpaired) electrons. The van der Waals surface area contributed by atoms with Crippen molar-refractivity contribution in [2.45, 2.75) is 29.1 Å². The van der Waals surface area contributed by atoms with Crippen LogP contribution in [0.5, 0.6) is 0 Å². The van der Waals surface area contributed by atoms with Crippen LogP contribution in [0, 0.1) is 0 Å². The molecule has 1 amide bonds. The van der Waals surface area contributed by atoms with Crippen LogP contribution in [-0.2, 0) is 10.0 Å². The Morgan fingerprint density at radius 2 is 1.77 bits per heavy atom. The van der Waals surface area contributed by atoms with Crippen LogP contribution >= 0.6 is 11.8 Å². The van der Waals surface area contributed by atoms with Crippen LogP contribution in [0.1, 0.15) is 29.6 Å². The van der Waals surface area contributed by atoms with Gasteiger partial charge in [-0.3, -0.25) is 4.79 Å². The van der Waals surface area contributed by atoms with E-state index in [2.05, 4.69) is 5.32 Å². The van der Waals surface area contributed by atoms with Crippen molar-refractivity contribution in [2.75, 3.05) is 24.7 Å². The van der Waals surface area contributed by atoms with E-state index in [4.69, 9.17) is 0 Å². The van der Waals surface area contributed by atoms with Crippen LogP contribution < -0.4 is 5.32 Å². The molecule has 5 nitrogen and oxygen atoms in total. The molecule has 1 aliphatic heterocycles. The molecule has 0 atom stereocenters. The number of thioether (sulfide) groups is 1. The third-order valence-corrected chi connectivity index (χ3v) is 7.09. The summed E-state index contributed by atoms with van der Waals surface area (Å²) in [6.07, 6.45) is 4.76. The Morgan fingerprint density at radius 1 is 1.04 bits per heavy atom. The first-order chi connectivity index (χ1) is 12.5. The van der Waals surface area contributed by atoms with Crippen molar-refractivity contribution < 1.29 is 13.2 Å². The van der Waals surface area contributed by atoms with Crippen molar-refractivity contribution in [3.05, 3.63) is 54.1 Å². The topological polar surface area (TPSA) is 66.5 Å². The van der Waals surface area contributed by atoms with Gasteiger partial charge < -0.3 is 5.32 Å². The minimum Gasteiger partial charge on any atom is -0.322 e. The van der Waals surface area contributed by atoms with E-state index < -0.39 is 10.0 Å². The molecule has 0 aliphatic carbocycles.